The number of hydrogen-bond donors (Lipinski definition) is 1. The van der Waals surface area contributed by atoms with Gasteiger partial charge in [0, 0.05) is 132 Å². The molecule has 0 radical (unpaired) electrons. The molecule has 0 unspecified atom stereocenters. The van der Waals surface area contributed by atoms with Gasteiger partial charge in [0.2, 0.25) is 0 Å². The summed E-state index contributed by atoms with van der Waals surface area (Å²) in [6, 6.07) is 151. The molecule has 6 nitrogen and oxygen atoms in total. The molecule has 0 saturated heterocycles. The number of H-pyrrole nitrogens is 1. The second-order valence-electron chi connectivity index (χ2n) is 30.5. The van der Waals surface area contributed by atoms with Gasteiger partial charge in [0.15, 0.2) is 11.6 Å². The van der Waals surface area contributed by atoms with Crippen LogP contribution in [0.25, 0.3) is 224 Å². The van der Waals surface area contributed by atoms with Gasteiger partial charge in [-0.25, -0.2) is 19.9 Å². The molecule has 121 heavy (non-hydrogen) atoms. The van der Waals surface area contributed by atoms with Crippen LogP contribution in [0.15, 0.2) is 429 Å². The molecule has 0 bridgehead atoms. The summed E-state index contributed by atoms with van der Waals surface area (Å²) >= 11 is 7.29. The molecule has 0 aliphatic carbocycles. The lowest BCUT2D eigenvalue weighted by molar-refractivity contribution is 1.17. The quantitative estimate of drug-likeness (QED) is 0.140. The molecule has 0 fully saturated rings. The van der Waals surface area contributed by atoms with Crippen molar-refractivity contribution in [2.75, 3.05) is 0 Å². The Hall–Kier alpha value is -14.8. The van der Waals surface area contributed by atoms with E-state index in [9.17, 15) is 0 Å². The number of thiophene rings is 2. The number of hydrogen-bond acceptors (Lipinski definition) is 6. The lowest BCUT2D eigenvalue weighted by Crippen LogP contribution is -1.97. The highest BCUT2D eigenvalue weighted by Crippen LogP contribution is 2.51. The summed E-state index contributed by atoms with van der Waals surface area (Å²) < 4.78 is 8.83. The molecule has 9 heteroatoms. The first-order valence-electron chi connectivity index (χ1n) is 40.7. The third kappa shape index (κ3) is 13.6. The Morgan fingerprint density at radius 2 is 0.554 bits per heavy atom. The van der Waals surface area contributed by atoms with E-state index in [1.807, 2.05) is 102 Å². The Morgan fingerprint density at radius 1 is 0.231 bits per heavy atom. The van der Waals surface area contributed by atoms with Gasteiger partial charge < -0.3 is 9.55 Å². The Balaban J connectivity index is 0.000000121. The van der Waals surface area contributed by atoms with E-state index in [-0.39, 0.29) is 0 Å². The highest BCUT2D eigenvalue weighted by molar-refractivity contribution is 9.10. The summed E-state index contributed by atoms with van der Waals surface area (Å²) in [5.41, 5.74) is 25.6. The van der Waals surface area contributed by atoms with Crippen molar-refractivity contribution in [1.29, 1.82) is 0 Å². The molecule has 24 rings (SSSR count). The predicted octanol–water partition coefficient (Wildman–Crippen LogP) is 31.8. The number of rotatable bonds is 11. The summed E-state index contributed by atoms with van der Waals surface area (Å²) in [4.78, 5) is 23.7. The third-order valence-electron chi connectivity index (χ3n) is 23.2. The lowest BCUT2D eigenvalue weighted by atomic mass is 9.96. The van der Waals surface area contributed by atoms with E-state index in [2.05, 4.69) is 371 Å². The molecule has 24 aromatic rings. The fraction of sp³-hybridized carbons (Fsp3) is 0. The molecule has 0 spiro atoms. The van der Waals surface area contributed by atoms with Crippen molar-refractivity contribution in [2.24, 2.45) is 0 Å². The second kappa shape index (κ2) is 31.2. The van der Waals surface area contributed by atoms with Crippen molar-refractivity contribution >= 4 is 144 Å². The number of nitrogens with one attached hydrogen (secondary N) is 1. The Bertz CT molecular complexity index is 7750. The van der Waals surface area contributed by atoms with Crippen molar-refractivity contribution in [3.63, 3.8) is 0 Å². The fourth-order valence-electron chi connectivity index (χ4n) is 17.4. The van der Waals surface area contributed by atoms with Gasteiger partial charge in [0.05, 0.1) is 39.3 Å². The summed E-state index contributed by atoms with van der Waals surface area (Å²) in [6.07, 6.45) is 0. The fourth-order valence-corrected chi connectivity index (χ4v) is 20.1. The highest BCUT2D eigenvalue weighted by atomic mass is 79.9. The monoisotopic (exact) mass is 1640 g/mol. The molecule has 0 aliphatic heterocycles. The van der Waals surface area contributed by atoms with Gasteiger partial charge >= 0.3 is 0 Å². The maximum Gasteiger partial charge on any atom is 0.160 e. The van der Waals surface area contributed by atoms with Crippen molar-refractivity contribution in [3.05, 3.63) is 429 Å². The number of nitrogens with zero attached hydrogens (tertiary/aromatic N) is 5. The number of aromatic amines is 1. The van der Waals surface area contributed by atoms with E-state index in [0.717, 1.165) is 72.1 Å². The Kier molecular flexibility index (Phi) is 18.7. The van der Waals surface area contributed by atoms with Gasteiger partial charge in [0.25, 0.3) is 0 Å². The maximum absolute atomic E-state index is 5.14. The SMILES string of the molecule is Brc1ccc(-c2nc(-c3ccccc3)cc(-c3ccccc3)n2)cc1.c1ccc(-c2ccc3[nH]c4c5ccccc5c5sc6ccc(-c7ccccc7)cc6c5c4c3c2)cc1.c1ccc(-c2ccc3sc4c5ccccc5c5c(c6cc(-c7ccccc7)ccc6n5-c5ccc(-c6nc(-c7ccccc7)cc(-c7ccccc7)n6)cc5)c4c3c2)cc1. The van der Waals surface area contributed by atoms with Crippen LogP contribution in [0.3, 0.4) is 0 Å². The van der Waals surface area contributed by atoms with Crippen LogP contribution in [-0.4, -0.2) is 29.5 Å². The average molecular weight is 1640 g/mol. The minimum absolute atomic E-state index is 0.697. The van der Waals surface area contributed by atoms with Gasteiger partial charge in [-0.15, -0.1) is 22.7 Å². The van der Waals surface area contributed by atoms with E-state index in [4.69, 9.17) is 19.9 Å². The van der Waals surface area contributed by atoms with E-state index in [1.165, 1.54) is 150 Å². The second-order valence-corrected chi connectivity index (χ2v) is 33.5. The normalized spacial score (nSPS) is 11.5. The van der Waals surface area contributed by atoms with Gasteiger partial charge in [-0.3, -0.25) is 0 Å². The predicted molar refractivity (Wildman–Crippen MR) is 517 cm³/mol. The van der Waals surface area contributed by atoms with Crippen molar-refractivity contribution in [1.82, 2.24) is 29.5 Å². The molecule has 0 aliphatic rings. The number of halogens is 1. The zero-order valence-electron chi connectivity index (χ0n) is 65.3. The van der Waals surface area contributed by atoms with Gasteiger partial charge in [-0.2, -0.15) is 0 Å². The zero-order valence-corrected chi connectivity index (χ0v) is 68.6. The summed E-state index contributed by atoms with van der Waals surface area (Å²) in [7, 11) is 0. The summed E-state index contributed by atoms with van der Waals surface area (Å²) in [6.45, 7) is 0. The maximum atomic E-state index is 5.14. The van der Waals surface area contributed by atoms with Crippen LogP contribution >= 0.6 is 38.6 Å². The summed E-state index contributed by atoms with van der Waals surface area (Å²) in [5, 5.41) is 15.5. The molecule has 18 aromatic carbocycles. The van der Waals surface area contributed by atoms with Crippen molar-refractivity contribution in [2.45, 2.75) is 0 Å². The number of fused-ring (bicyclic) bond motifs is 20. The van der Waals surface area contributed by atoms with Crippen LogP contribution in [0.4, 0.5) is 0 Å². The van der Waals surface area contributed by atoms with Crippen LogP contribution < -0.4 is 0 Å². The molecule has 0 atom stereocenters. The molecule has 1 N–H and O–H groups in total. The molecule has 0 amide bonds. The number of benzene rings is 18. The standard InChI is InChI=1S/C56H35N3S.C34H21NS.C22H15BrN2/c1-5-15-36(16-6-1)41-27-31-50-46(33-41)52-53-47-34-42(37-17-7-2-8-18-37)28-32-51(47)60-55(53)45-24-14-13-23-44(45)54(52)59(50)43-29-25-40(26-30-43)56-57-48(38-19-9-3-10-20-38)35-49(58-56)39-21-11-4-12-22-39;1-3-9-21(10-4-1)23-15-17-29-27(19-23)31-32-28-20-24(22-11-5-2-6-12-22)16-18-30(28)36-34(32)26-14-8-7-13-25(26)33(31)35-29;23-19-13-11-18(12-14-19)22-24-20(16-7-3-1-4-8-16)15-21(25-22)17-9-5-2-6-10-17/h1-35H;1-20,35H;1-15H. The lowest BCUT2D eigenvalue weighted by Gasteiger charge is -2.13. The molecule has 6 aromatic heterocycles. The third-order valence-corrected chi connectivity index (χ3v) is 26.1. The molecule has 6 heterocycles. The van der Waals surface area contributed by atoms with E-state index < -0.39 is 0 Å². The van der Waals surface area contributed by atoms with E-state index in [0.29, 0.717) is 5.82 Å². The van der Waals surface area contributed by atoms with Crippen molar-refractivity contribution in [3.8, 4) is 118 Å². The highest BCUT2D eigenvalue weighted by Gasteiger charge is 2.25. The summed E-state index contributed by atoms with van der Waals surface area (Å²) in [5.74, 6) is 1.43. The van der Waals surface area contributed by atoms with Gasteiger partial charge in [-0.1, -0.05) is 344 Å². The average Bonchev–Trinajstić information content (AvgIpc) is 1.55. The van der Waals surface area contributed by atoms with Crippen molar-refractivity contribution < 1.29 is 0 Å². The zero-order chi connectivity index (χ0) is 80.3. The minimum atomic E-state index is 0.697. The first kappa shape index (κ1) is 72.6. The van der Waals surface area contributed by atoms with Crippen LogP contribution in [0.1, 0.15) is 0 Å². The van der Waals surface area contributed by atoms with Crippen LogP contribution in [0.5, 0.6) is 0 Å². The van der Waals surface area contributed by atoms with Crippen LogP contribution in [0, 0.1) is 0 Å². The van der Waals surface area contributed by atoms with E-state index in [1.54, 1.807) is 0 Å². The molecular formula is C112H71BrN6S2. The largest absolute Gasteiger partial charge is 0.354 e. The van der Waals surface area contributed by atoms with E-state index >= 15 is 0 Å². The molecule has 568 valence electrons. The first-order valence-corrected chi connectivity index (χ1v) is 43.1. The number of aromatic nitrogens is 6. The topological polar surface area (TPSA) is 72.3 Å². The van der Waals surface area contributed by atoms with Gasteiger partial charge in [0.1, 0.15) is 0 Å². The molecule has 0 saturated carbocycles. The molecular weight excluding hydrogens is 1570 g/mol. The van der Waals surface area contributed by atoms with Crippen LogP contribution in [-0.2, 0) is 0 Å². The van der Waals surface area contributed by atoms with Crippen LogP contribution in [0.2, 0.25) is 0 Å². The van der Waals surface area contributed by atoms with Gasteiger partial charge in [-0.05, 0) is 142 Å². The minimum Gasteiger partial charge on any atom is -0.354 e. The Morgan fingerprint density at radius 3 is 0.975 bits per heavy atom. The Labute approximate surface area is 715 Å². The first-order chi connectivity index (χ1) is 59.9. The smallest absolute Gasteiger partial charge is 0.160 e.